The Hall–Kier alpha value is -0.810. The van der Waals surface area contributed by atoms with Gasteiger partial charge in [0.25, 0.3) is 0 Å². The summed E-state index contributed by atoms with van der Waals surface area (Å²) in [6.07, 6.45) is -0.389. The van der Waals surface area contributed by atoms with Gasteiger partial charge in [-0.15, -0.1) is 0 Å². The minimum atomic E-state index is -0.488. The number of nitrogens with zero attached hydrogens (tertiary/aromatic N) is 1. The molecule has 0 rings (SSSR count). The van der Waals surface area contributed by atoms with Gasteiger partial charge in [0.05, 0.1) is 0 Å². The van der Waals surface area contributed by atoms with Gasteiger partial charge < -0.3 is 14.8 Å². The van der Waals surface area contributed by atoms with Crippen LogP contribution in [0.15, 0.2) is 0 Å². The topological polar surface area (TPSA) is 61.8 Å². The summed E-state index contributed by atoms with van der Waals surface area (Å²) in [7, 11) is 1.64. The fraction of sp³-hybridized carbons (Fsp3) is 0.889. The van der Waals surface area contributed by atoms with Crippen molar-refractivity contribution in [3.05, 3.63) is 0 Å². The van der Waals surface area contributed by atoms with Crippen LogP contribution in [0, 0.1) is 0 Å². The van der Waals surface area contributed by atoms with Gasteiger partial charge >= 0.3 is 6.09 Å². The van der Waals surface area contributed by atoms with Crippen molar-refractivity contribution in [2.75, 3.05) is 13.6 Å². The van der Waals surface area contributed by atoms with Gasteiger partial charge in [-0.3, -0.25) is 0 Å². The zero-order valence-electron chi connectivity index (χ0n) is 9.50. The Kier molecular flexibility index (Phi) is 4.87. The predicted octanol–water partition coefficient (Wildman–Crippen LogP) is 1.22. The molecule has 0 aromatic heterocycles. The highest BCUT2D eigenvalue weighted by Gasteiger charge is 2.22. The maximum absolute atomic E-state index is 11.5. The molecule has 0 radical (unpaired) electrons. The van der Waals surface area contributed by atoms with Crippen molar-refractivity contribution in [1.29, 1.82) is 0 Å². The first-order chi connectivity index (χ1) is 6.28. The Labute approximate surface area is 85.0 Å². The zero-order chi connectivity index (χ0) is 11.4. The quantitative estimate of drug-likeness (QED) is 0.678. The fourth-order valence-electron chi connectivity index (χ4n) is 0.783. The molecule has 0 saturated carbocycles. The van der Waals surface area contributed by atoms with Crippen molar-refractivity contribution in [1.82, 2.24) is 10.4 Å². The first-order valence-electron chi connectivity index (χ1n) is 4.60. The van der Waals surface area contributed by atoms with Gasteiger partial charge in [0, 0.05) is 19.6 Å². The molecule has 0 heterocycles. The lowest BCUT2D eigenvalue weighted by atomic mass is 10.2. The minimum absolute atomic E-state index is 0.116. The van der Waals surface area contributed by atoms with Crippen LogP contribution in [-0.2, 0) is 4.74 Å². The van der Waals surface area contributed by atoms with Crippen molar-refractivity contribution in [2.24, 2.45) is 0 Å². The summed E-state index contributed by atoms with van der Waals surface area (Å²) in [5.74, 6) is 0. The molecule has 0 fully saturated rings. The fourth-order valence-corrected chi connectivity index (χ4v) is 0.783. The number of likely N-dealkylation sites (N-methyl/N-ethyl adjacent to an activating group) is 1. The molecule has 1 unspecified atom stereocenters. The van der Waals surface area contributed by atoms with E-state index in [1.165, 1.54) is 4.90 Å². The Bertz CT molecular complexity index is 189. The molecular weight excluding hydrogens is 184 g/mol. The molecule has 1 amide bonds. The molecule has 1 atom stereocenters. The van der Waals surface area contributed by atoms with Gasteiger partial charge in [0.2, 0.25) is 0 Å². The van der Waals surface area contributed by atoms with Crippen LogP contribution >= 0.6 is 0 Å². The highest BCUT2D eigenvalue weighted by atomic mass is 16.6. The second-order valence-electron chi connectivity index (χ2n) is 4.30. The minimum Gasteiger partial charge on any atom is -0.444 e. The molecule has 0 saturated heterocycles. The molecule has 5 heteroatoms. The van der Waals surface area contributed by atoms with Crippen molar-refractivity contribution >= 4 is 6.09 Å². The number of carbonyl (C=O) groups is 1. The number of carbonyl (C=O) groups excluding carboxylic acids is 1. The lowest BCUT2D eigenvalue weighted by Crippen LogP contribution is -2.43. The largest absolute Gasteiger partial charge is 0.444 e. The summed E-state index contributed by atoms with van der Waals surface area (Å²) in [4.78, 5) is 12.9. The molecule has 0 aliphatic rings. The molecule has 0 aliphatic carbocycles. The number of rotatable bonds is 3. The number of hydrogen-bond acceptors (Lipinski definition) is 4. The maximum Gasteiger partial charge on any atom is 0.410 e. The average molecular weight is 204 g/mol. The third-order valence-corrected chi connectivity index (χ3v) is 1.73. The van der Waals surface area contributed by atoms with Crippen LogP contribution in [-0.4, -0.2) is 41.4 Å². The summed E-state index contributed by atoms with van der Waals surface area (Å²) in [5, 5.41) is 8.47. The van der Waals surface area contributed by atoms with E-state index in [0.29, 0.717) is 6.54 Å². The number of ether oxygens (including phenoxy) is 1. The molecule has 0 aliphatic heterocycles. The van der Waals surface area contributed by atoms with Crippen LogP contribution in [0.25, 0.3) is 0 Å². The zero-order valence-corrected chi connectivity index (χ0v) is 9.50. The molecule has 5 nitrogen and oxygen atoms in total. The van der Waals surface area contributed by atoms with E-state index in [0.717, 1.165) is 0 Å². The van der Waals surface area contributed by atoms with Gasteiger partial charge in [0.1, 0.15) is 5.60 Å². The molecule has 2 N–H and O–H groups in total. The first kappa shape index (κ1) is 13.2. The Morgan fingerprint density at radius 2 is 2.07 bits per heavy atom. The van der Waals surface area contributed by atoms with Crippen LogP contribution in [0.4, 0.5) is 4.79 Å². The highest BCUT2D eigenvalue weighted by Crippen LogP contribution is 2.10. The van der Waals surface area contributed by atoms with E-state index in [1.54, 1.807) is 7.05 Å². The van der Waals surface area contributed by atoms with Gasteiger partial charge in [-0.1, -0.05) is 0 Å². The second-order valence-corrected chi connectivity index (χ2v) is 4.30. The van der Waals surface area contributed by atoms with Crippen molar-refractivity contribution in [3.63, 3.8) is 0 Å². The number of hydroxylamine groups is 1. The number of amides is 1. The number of hydrogen-bond donors (Lipinski definition) is 2. The Balaban J connectivity index is 4.12. The number of nitrogens with one attached hydrogen (secondary N) is 1. The average Bonchev–Trinajstić information content (AvgIpc) is 2.00. The van der Waals surface area contributed by atoms with Crippen molar-refractivity contribution < 1.29 is 14.7 Å². The van der Waals surface area contributed by atoms with E-state index in [-0.39, 0.29) is 12.1 Å². The van der Waals surface area contributed by atoms with E-state index in [4.69, 9.17) is 9.94 Å². The monoisotopic (exact) mass is 204 g/mol. The van der Waals surface area contributed by atoms with Gasteiger partial charge in [-0.05, 0) is 27.7 Å². The summed E-state index contributed by atoms with van der Waals surface area (Å²) in [6.45, 7) is 7.57. The van der Waals surface area contributed by atoms with Crippen LogP contribution in [0.3, 0.4) is 0 Å². The van der Waals surface area contributed by atoms with Crippen LogP contribution in [0.2, 0.25) is 0 Å². The SMILES string of the molecule is CC(CNO)N(C)C(=O)OC(C)(C)C. The first-order valence-corrected chi connectivity index (χ1v) is 4.60. The Morgan fingerprint density at radius 3 is 2.43 bits per heavy atom. The van der Waals surface area contributed by atoms with E-state index in [2.05, 4.69) is 0 Å². The molecule has 0 aromatic rings. The Morgan fingerprint density at radius 1 is 1.57 bits per heavy atom. The van der Waals surface area contributed by atoms with Crippen molar-refractivity contribution in [3.8, 4) is 0 Å². The van der Waals surface area contributed by atoms with E-state index in [1.807, 2.05) is 33.2 Å². The second kappa shape index (κ2) is 5.17. The van der Waals surface area contributed by atoms with Crippen LogP contribution in [0.1, 0.15) is 27.7 Å². The standard InChI is InChI=1S/C9H20N2O3/c1-7(6-10-13)11(5)8(12)14-9(2,3)4/h7,10,13H,6H2,1-5H3. The maximum atomic E-state index is 11.5. The van der Waals surface area contributed by atoms with Gasteiger partial charge in [-0.25, -0.2) is 10.3 Å². The summed E-state index contributed by atoms with van der Waals surface area (Å²) in [5.41, 5.74) is 1.53. The van der Waals surface area contributed by atoms with Crippen LogP contribution < -0.4 is 5.48 Å². The molecular formula is C9H20N2O3. The summed E-state index contributed by atoms with van der Waals surface area (Å²) >= 11 is 0. The lowest BCUT2D eigenvalue weighted by molar-refractivity contribution is 0.0203. The molecule has 0 aromatic carbocycles. The summed E-state index contributed by atoms with van der Waals surface area (Å²) in [6, 6.07) is -0.116. The normalized spacial score (nSPS) is 13.6. The predicted molar refractivity (Wildman–Crippen MR) is 53.2 cm³/mol. The van der Waals surface area contributed by atoms with Gasteiger partial charge in [0.15, 0.2) is 0 Å². The highest BCUT2D eigenvalue weighted by molar-refractivity contribution is 5.68. The molecule has 84 valence electrons. The van der Waals surface area contributed by atoms with E-state index < -0.39 is 5.60 Å². The molecule has 0 bridgehead atoms. The smallest absolute Gasteiger partial charge is 0.410 e. The van der Waals surface area contributed by atoms with Crippen LogP contribution in [0.5, 0.6) is 0 Å². The van der Waals surface area contributed by atoms with Gasteiger partial charge in [-0.2, -0.15) is 0 Å². The summed E-state index contributed by atoms with van der Waals surface area (Å²) < 4.78 is 5.14. The third-order valence-electron chi connectivity index (χ3n) is 1.73. The third kappa shape index (κ3) is 5.04. The molecule has 14 heavy (non-hydrogen) atoms. The molecule has 0 spiro atoms. The lowest BCUT2D eigenvalue weighted by Gasteiger charge is -2.28. The van der Waals surface area contributed by atoms with E-state index in [9.17, 15) is 4.79 Å². The van der Waals surface area contributed by atoms with Crippen molar-refractivity contribution in [2.45, 2.75) is 39.3 Å². The van der Waals surface area contributed by atoms with E-state index >= 15 is 0 Å².